The number of methoxy groups -OCH3 is 1. The summed E-state index contributed by atoms with van der Waals surface area (Å²) in [5, 5.41) is -0.0577. The standard InChI is InChI=1S/C12H10ClFO4/c1-6-3-4-7(14)10(11(6)13)8(15)5-9(16)12(17)18-2/h3-4H,5H2,1-2H3. The third kappa shape index (κ3) is 2.92. The summed E-state index contributed by atoms with van der Waals surface area (Å²) >= 11 is 5.80. The maximum Gasteiger partial charge on any atom is 0.374 e. The number of aryl methyl sites for hydroxylation is 1. The molecule has 0 N–H and O–H groups in total. The molecule has 1 rings (SSSR count). The maximum absolute atomic E-state index is 13.5. The molecular weight excluding hydrogens is 263 g/mol. The Morgan fingerprint density at radius 3 is 2.50 bits per heavy atom. The van der Waals surface area contributed by atoms with Crippen molar-refractivity contribution in [3.05, 3.63) is 34.1 Å². The molecule has 0 unspecified atom stereocenters. The lowest BCUT2D eigenvalue weighted by Gasteiger charge is -2.06. The van der Waals surface area contributed by atoms with Gasteiger partial charge in [-0.25, -0.2) is 9.18 Å². The van der Waals surface area contributed by atoms with Crippen molar-refractivity contribution in [2.45, 2.75) is 13.3 Å². The molecule has 0 saturated carbocycles. The molecule has 4 nitrogen and oxygen atoms in total. The van der Waals surface area contributed by atoms with Crippen LogP contribution >= 0.6 is 11.6 Å². The minimum Gasteiger partial charge on any atom is -0.463 e. The predicted molar refractivity (Wildman–Crippen MR) is 62.1 cm³/mol. The average molecular weight is 273 g/mol. The lowest BCUT2D eigenvalue weighted by Crippen LogP contribution is -2.20. The van der Waals surface area contributed by atoms with Gasteiger partial charge in [0.2, 0.25) is 5.78 Å². The molecule has 1 aromatic rings. The first kappa shape index (κ1) is 14.3. The van der Waals surface area contributed by atoms with Crippen LogP contribution < -0.4 is 0 Å². The lowest BCUT2D eigenvalue weighted by atomic mass is 10.0. The molecule has 0 aliphatic heterocycles. The summed E-state index contributed by atoms with van der Waals surface area (Å²) in [6, 6.07) is 2.49. The number of benzene rings is 1. The summed E-state index contributed by atoms with van der Waals surface area (Å²) in [6.45, 7) is 1.60. The fourth-order valence-electron chi connectivity index (χ4n) is 1.33. The van der Waals surface area contributed by atoms with Crippen molar-refractivity contribution in [2.75, 3.05) is 7.11 Å². The van der Waals surface area contributed by atoms with Crippen LogP contribution in [0.5, 0.6) is 0 Å². The van der Waals surface area contributed by atoms with E-state index in [0.717, 1.165) is 13.2 Å². The molecule has 0 amide bonds. The van der Waals surface area contributed by atoms with E-state index in [9.17, 15) is 18.8 Å². The number of hydrogen-bond donors (Lipinski definition) is 0. The first-order valence-electron chi connectivity index (χ1n) is 4.97. The number of esters is 1. The van der Waals surface area contributed by atoms with Crippen molar-refractivity contribution in [2.24, 2.45) is 0 Å². The fraction of sp³-hybridized carbons (Fsp3) is 0.250. The molecule has 96 valence electrons. The number of rotatable bonds is 4. The third-order valence-corrected chi connectivity index (χ3v) is 2.78. The summed E-state index contributed by atoms with van der Waals surface area (Å²) < 4.78 is 17.6. The van der Waals surface area contributed by atoms with Gasteiger partial charge in [0.05, 0.1) is 24.1 Å². The lowest BCUT2D eigenvalue weighted by molar-refractivity contribution is -0.151. The molecule has 0 aromatic heterocycles. The van der Waals surface area contributed by atoms with Crippen molar-refractivity contribution >= 4 is 29.1 Å². The van der Waals surface area contributed by atoms with Crippen molar-refractivity contribution in [1.82, 2.24) is 0 Å². The highest BCUT2D eigenvalue weighted by Gasteiger charge is 2.24. The van der Waals surface area contributed by atoms with Crippen LogP contribution in [0.4, 0.5) is 4.39 Å². The van der Waals surface area contributed by atoms with E-state index >= 15 is 0 Å². The summed E-state index contributed by atoms with van der Waals surface area (Å²) in [5.74, 6) is -3.86. The number of ether oxygens (including phenoxy) is 1. The van der Waals surface area contributed by atoms with E-state index in [2.05, 4.69) is 4.74 Å². The Labute approximate surface area is 108 Å². The molecule has 0 aliphatic rings. The first-order valence-corrected chi connectivity index (χ1v) is 5.35. The Hall–Kier alpha value is -1.75. The summed E-state index contributed by atoms with van der Waals surface area (Å²) in [4.78, 5) is 33.8. The molecule has 0 bridgehead atoms. The van der Waals surface area contributed by atoms with Crippen LogP contribution in [0, 0.1) is 12.7 Å². The Balaban J connectivity index is 3.02. The predicted octanol–water partition coefficient (Wildman–Crippen LogP) is 2.10. The van der Waals surface area contributed by atoms with Crippen molar-refractivity contribution in [3.63, 3.8) is 0 Å². The second-order valence-corrected chi connectivity index (χ2v) is 3.95. The monoisotopic (exact) mass is 272 g/mol. The molecule has 0 saturated heterocycles. The van der Waals surface area contributed by atoms with E-state index in [0.29, 0.717) is 5.56 Å². The smallest absolute Gasteiger partial charge is 0.374 e. The zero-order chi connectivity index (χ0) is 13.9. The van der Waals surface area contributed by atoms with Gasteiger partial charge in [-0.05, 0) is 18.6 Å². The van der Waals surface area contributed by atoms with Crippen molar-refractivity contribution < 1.29 is 23.5 Å². The van der Waals surface area contributed by atoms with E-state index in [-0.39, 0.29) is 10.6 Å². The molecule has 1 aromatic carbocycles. The molecular formula is C12H10ClFO4. The van der Waals surface area contributed by atoms with E-state index in [1.807, 2.05) is 0 Å². The van der Waals surface area contributed by atoms with Gasteiger partial charge in [-0.15, -0.1) is 0 Å². The van der Waals surface area contributed by atoms with E-state index in [1.165, 1.54) is 6.07 Å². The average Bonchev–Trinajstić information content (AvgIpc) is 2.33. The third-order valence-electron chi connectivity index (χ3n) is 2.30. The number of halogens is 2. The Kier molecular flexibility index (Phi) is 4.55. The summed E-state index contributed by atoms with van der Waals surface area (Å²) in [5.41, 5.74) is 0.126. The van der Waals surface area contributed by atoms with Crippen LogP contribution in [0.15, 0.2) is 12.1 Å². The van der Waals surface area contributed by atoms with Gasteiger partial charge in [-0.1, -0.05) is 17.7 Å². The van der Waals surface area contributed by atoms with Gasteiger partial charge >= 0.3 is 5.97 Å². The van der Waals surface area contributed by atoms with E-state index in [4.69, 9.17) is 11.6 Å². The van der Waals surface area contributed by atoms with Gasteiger partial charge in [0, 0.05) is 0 Å². The number of ketones is 2. The minimum atomic E-state index is -1.15. The maximum atomic E-state index is 13.5. The largest absolute Gasteiger partial charge is 0.463 e. The van der Waals surface area contributed by atoms with Crippen LogP contribution in [0.25, 0.3) is 0 Å². The summed E-state index contributed by atoms with van der Waals surface area (Å²) in [6.07, 6.45) is -0.771. The molecule has 0 fully saturated rings. The second kappa shape index (κ2) is 5.73. The molecule has 6 heteroatoms. The first-order chi connectivity index (χ1) is 8.38. The SMILES string of the molecule is COC(=O)C(=O)CC(=O)c1c(F)ccc(C)c1Cl. The highest BCUT2D eigenvalue weighted by molar-refractivity contribution is 6.40. The Morgan fingerprint density at radius 1 is 1.33 bits per heavy atom. The highest BCUT2D eigenvalue weighted by atomic mass is 35.5. The quantitative estimate of drug-likeness (QED) is 0.364. The number of carbonyl (C=O) groups excluding carboxylic acids is 3. The van der Waals surface area contributed by atoms with Crippen molar-refractivity contribution in [3.8, 4) is 0 Å². The normalized spacial score (nSPS) is 10.0. The van der Waals surface area contributed by atoms with Crippen LogP contribution in [0.1, 0.15) is 22.3 Å². The van der Waals surface area contributed by atoms with Crippen LogP contribution in [0.3, 0.4) is 0 Å². The van der Waals surface area contributed by atoms with Gasteiger partial charge in [0.25, 0.3) is 0 Å². The van der Waals surface area contributed by atoms with Gasteiger partial charge in [0.1, 0.15) is 5.82 Å². The highest BCUT2D eigenvalue weighted by Crippen LogP contribution is 2.24. The zero-order valence-electron chi connectivity index (χ0n) is 9.75. The van der Waals surface area contributed by atoms with E-state index in [1.54, 1.807) is 6.92 Å². The molecule has 0 atom stereocenters. The molecule has 0 radical (unpaired) electrons. The van der Waals surface area contributed by atoms with Crippen LogP contribution in [0.2, 0.25) is 5.02 Å². The molecule has 0 spiro atoms. The molecule has 0 aliphatic carbocycles. The van der Waals surface area contributed by atoms with Gasteiger partial charge in [-0.3, -0.25) is 9.59 Å². The number of hydrogen-bond acceptors (Lipinski definition) is 4. The van der Waals surface area contributed by atoms with Crippen molar-refractivity contribution in [1.29, 1.82) is 0 Å². The molecule has 0 heterocycles. The zero-order valence-corrected chi connectivity index (χ0v) is 10.5. The van der Waals surface area contributed by atoms with Crippen LogP contribution in [-0.4, -0.2) is 24.6 Å². The second-order valence-electron chi connectivity index (χ2n) is 3.57. The Morgan fingerprint density at radius 2 is 1.94 bits per heavy atom. The van der Waals surface area contributed by atoms with E-state index < -0.39 is 29.8 Å². The fourth-order valence-corrected chi connectivity index (χ4v) is 1.59. The number of carbonyl (C=O) groups is 3. The van der Waals surface area contributed by atoms with Gasteiger partial charge < -0.3 is 4.74 Å². The topological polar surface area (TPSA) is 60.4 Å². The van der Waals surface area contributed by atoms with Crippen LogP contribution in [-0.2, 0) is 14.3 Å². The number of Topliss-reactive ketones (excluding diaryl/α,β-unsaturated/α-hetero) is 2. The summed E-state index contributed by atoms with van der Waals surface area (Å²) in [7, 11) is 1.02. The minimum absolute atomic E-state index is 0.0577. The Bertz CT molecular complexity index is 525. The van der Waals surface area contributed by atoms with Gasteiger partial charge in [-0.2, -0.15) is 0 Å². The molecule has 18 heavy (non-hydrogen) atoms. The van der Waals surface area contributed by atoms with Gasteiger partial charge in [0.15, 0.2) is 5.78 Å².